The molecule has 1 heterocycles. The van der Waals surface area contributed by atoms with Crippen LogP contribution >= 0.6 is 0 Å². The average Bonchev–Trinajstić information content (AvgIpc) is 2.78. The van der Waals surface area contributed by atoms with Gasteiger partial charge in [-0.3, -0.25) is 9.59 Å². The number of benzene rings is 1. The lowest BCUT2D eigenvalue weighted by Gasteiger charge is -2.37. The molecule has 0 aromatic heterocycles. The first-order valence-electron chi connectivity index (χ1n) is 11.8. The number of carbonyl (C=O) groups is 2. The predicted octanol–water partition coefficient (Wildman–Crippen LogP) is 2.86. The summed E-state index contributed by atoms with van der Waals surface area (Å²) < 4.78 is 27.8. The highest BCUT2D eigenvalue weighted by atomic mass is 32.2. The van der Waals surface area contributed by atoms with Gasteiger partial charge in [-0.25, -0.2) is 8.42 Å². The third-order valence-corrected chi connectivity index (χ3v) is 8.76. The molecule has 1 aliphatic carbocycles. The highest BCUT2D eigenvalue weighted by Crippen LogP contribution is 2.25. The van der Waals surface area contributed by atoms with E-state index in [9.17, 15) is 18.0 Å². The van der Waals surface area contributed by atoms with Crippen molar-refractivity contribution in [1.82, 2.24) is 14.5 Å². The van der Waals surface area contributed by atoms with Crippen molar-refractivity contribution in [3.8, 4) is 0 Å². The molecule has 3 rings (SSSR count). The molecule has 1 saturated carbocycles. The number of rotatable bonds is 6. The normalized spacial score (nSPS) is 19.7. The van der Waals surface area contributed by atoms with Crippen LogP contribution in [-0.2, 0) is 19.6 Å². The Morgan fingerprint density at radius 1 is 1.00 bits per heavy atom. The zero-order chi connectivity index (χ0) is 23.5. The van der Waals surface area contributed by atoms with E-state index < -0.39 is 16.1 Å². The molecule has 2 fully saturated rings. The molecule has 1 aliphatic heterocycles. The molecule has 1 N–H and O–H groups in total. The van der Waals surface area contributed by atoms with Crippen LogP contribution in [0.2, 0.25) is 0 Å². The van der Waals surface area contributed by atoms with E-state index in [1.54, 1.807) is 17.9 Å². The Kier molecular flexibility index (Phi) is 7.98. The maximum atomic E-state index is 13.2. The Morgan fingerprint density at radius 3 is 2.22 bits per heavy atom. The standard InChI is InChI=1S/C24H37N3O4S/c1-17(2)22(25-23(28)20-8-6-5-7-9-20)24(29)26-12-14-27(15-13-26)32(30,31)21-16-18(3)10-11-19(21)4/h10-11,16-17,20,22H,5-9,12-15H2,1-4H3,(H,25,28)/t22-/m0/s1. The second-order valence-electron chi connectivity index (χ2n) is 9.56. The minimum atomic E-state index is -3.61. The van der Waals surface area contributed by atoms with Crippen LogP contribution in [0.25, 0.3) is 0 Å². The summed E-state index contributed by atoms with van der Waals surface area (Å²) >= 11 is 0. The molecule has 7 nitrogen and oxygen atoms in total. The number of amides is 2. The molecule has 1 aromatic carbocycles. The number of sulfonamides is 1. The van der Waals surface area contributed by atoms with Crippen molar-refractivity contribution in [1.29, 1.82) is 0 Å². The fourth-order valence-corrected chi connectivity index (χ4v) is 6.35. The van der Waals surface area contributed by atoms with Gasteiger partial charge in [-0.15, -0.1) is 0 Å². The Labute approximate surface area is 192 Å². The lowest BCUT2D eigenvalue weighted by Crippen LogP contribution is -2.57. The summed E-state index contributed by atoms with van der Waals surface area (Å²) in [6.07, 6.45) is 5.08. The van der Waals surface area contributed by atoms with Gasteiger partial charge in [0.05, 0.1) is 4.90 Å². The van der Waals surface area contributed by atoms with E-state index in [0.717, 1.165) is 36.8 Å². The molecule has 8 heteroatoms. The lowest BCUT2D eigenvalue weighted by atomic mass is 9.88. The Balaban J connectivity index is 1.64. The van der Waals surface area contributed by atoms with E-state index in [0.29, 0.717) is 18.0 Å². The van der Waals surface area contributed by atoms with Gasteiger partial charge in [-0.05, 0) is 49.8 Å². The Hall–Kier alpha value is -1.93. The summed E-state index contributed by atoms with van der Waals surface area (Å²) in [5, 5.41) is 3.00. The van der Waals surface area contributed by atoms with Crippen molar-refractivity contribution >= 4 is 21.8 Å². The quantitative estimate of drug-likeness (QED) is 0.703. The van der Waals surface area contributed by atoms with Crippen molar-refractivity contribution in [3.63, 3.8) is 0 Å². The minimum Gasteiger partial charge on any atom is -0.344 e. The Bertz CT molecular complexity index is 931. The van der Waals surface area contributed by atoms with Crippen LogP contribution in [0, 0.1) is 25.7 Å². The fourth-order valence-electron chi connectivity index (χ4n) is 4.62. The smallest absolute Gasteiger partial charge is 0.245 e. The largest absolute Gasteiger partial charge is 0.344 e. The summed E-state index contributed by atoms with van der Waals surface area (Å²) in [6.45, 7) is 8.70. The van der Waals surface area contributed by atoms with Gasteiger partial charge >= 0.3 is 0 Å². The van der Waals surface area contributed by atoms with Crippen LogP contribution in [0.3, 0.4) is 0 Å². The summed E-state index contributed by atoms with van der Waals surface area (Å²) in [4.78, 5) is 28.0. The first kappa shape index (κ1) is 24.7. The topological polar surface area (TPSA) is 86.8 Å². The van der Waals surface area contributed by atoms with Gasteiger partial charge in [-0.1, -0.05) is 45.2 Å². The highest BCUT2D eigenvalue weighted by Gasteiger charge is 2.35. The van der Waals surface area contributed by atoms with Gasteiger partial charge in [0.15, 0.2) is 0 Å². The van der Waals surface area contributed by atoms with Gasteiger partial charge in [-0.2, -0.15) is 4.31 Å². The van der Waals surface area contributed by atoms with Gasteiger partial charge < -0.3 is 10.2 Å². The van der Waals surface area contributed by atoms with Crippen LogP contribution in [0.4, 0.5) is 0 Å². The van der Waals surface area contributed by atoms with Crippen molar-refractivity contribution in [2.24, 2.45) is 11.8 Å². The van der Waals surface area contributed by atoms with Crippen molar-refractivity contribution in [2.75, 3.05) is 26.2 Å². The molecule has 1 saturated heterocycles. The summed E-state index contributed by atoms with van der Waals surface area (Å²) in [5.41, 5.74) is 1.62. The zero-order valence-electron chi connectivity index (χ0n) is 19.8. The number of piperazine rings is 1. The van der Waals surface area contributed by atoms with Crippen molar-refractivity contribution in [3.05, 3.63) is 29.3 Å². The second kappa shape index (κ2) is 10.3. The SMILES string of the molecule is Cc1ccc(C)c(S(=O)(=O)N2CCN(C(=O)[C@@H](NC(=O)C3CCCCC3)C(C)C)CC2)c1. The fraction of sp³-hybridized carbons (Fsp3) is 0.667. The average molecular weight is 464 g/mol. The maximum absolute atomic E-state index is 13.2. The number of hydrogen-bond donors (Lipinski definition) is 1. The first-order chi connectivity index (χ1) is 15.1. The summed E-state index contributed by atoms with van der Waals surface area (Å²) in [7, 11) is -3.61. The molecule has 178 valence electrons. The van der Waals surface area contributed by atoms with Gasteiger partial charge in [0, 0.05) is 32.1 Å². The number of aryl methyl sites for hydroxylation is 2. The molecular formula is C24H37N3O4S. The van der Waals surface area contributed by atoms with E-state index in [2.05, 4.69) is 5.32 Å². The van der Waals surface area contributed by atoms with E-state index in [-0.39, 0.29) is 36.7 Å². The first-order valence-corrected chi connectivity index (χ1v) is 13.2. The lowest BCUT2D eigenvalue weighted by molar-refractivity contribution is -0.139. The predicted molar refractivity (Wildman–Crippen MR) is 125 cm³/mol. The molecule has 0 spiro atoms. The highest BCUT2D eigenvalue weighted by molar-refractivity contribution is 7.89. The van der Waals surface area contributed by atoms with Crippen LogP contribution in [0.1, 0.15) is 57.1 Å². The third kappa shape index (κ3) is 5.52. The molecule has 0 radical (unpaired) electrons. The molecule has 0 bridgehead atoms. The van der Waals surface area contributed by atoms with Gasteiger partial charge in [0.25, 0.3) is 0 Å². The van der Waals surface area contributed by atoms with Crippen molar-refractivity contribution < 1.29 is 18.0 Å². The van der Waals surface area contributed by atoms with E-state index in [4.69, 9.17) is 0 Å². The monoisotopic (exact) mass is 463 g/mol. The summed E-state index contributed by atoms with van der Waals surface area (Å²) in [6, 6.07) is 4.85. The molecule has 1 aromatic rings. The minimum absolute atomic E-state index is 0.00245. The van der Waals surface area contributed by atoms with E-state index in [1.807, 2.05) is 32.9 Å². The number of carbonyl (C=O) groups excluding carboxylic acids is 2. The molecule has 2 amide bonds. The van der Waals surface area contributed by atoms with Gasteiger partial charge in [0.1, 0.15) is 6.04 Å². The van der Waals surface area contributed by atoms with Crippen LogP contribution in [-0.4, -0.2) is 61.7 Å². The Morgan fingerprint density at radius 2 is 1.62 bits per heavy atom. The van der Waals surface area contributed by atoms with Crippen molar-refractivity contribution in [2.45, 2.75) is 70.7 Å². The number of nitrogens with one attached hydrogen (secondary N) is 1. The number of hydrogen-bond acceptors (Lipinski definition) is 4. The van der Waals surface area contributed by atoms with Crippen LogP contribution < -0.4 is 5.32 Å². The molecular weight excluding hydrogens is 426 g/mol. The van der Waals surface area contributed by atoms with E-state index >= 15 is 0 Å². The van der Waals surface area contributed by atoms with Gasteiger partial charge in [0.2, 0.25) is 21.8 Å². The molecule has 2 aliphatic rings. The number of nitrogens with zero attached hydrogens (tertiary/aromatic N) is 2. The second-order valence-corrected chi connectivity index (χ2v) is 11.5. The summed E-state index contributed by atoms with van der Waals surface area (Å²) in [5.74, 6) is -0.176. The third-order valence-electron chi connectivity index (χ3n) is 6.72. The molecule has 0 unspecified atom stereocenters. The molecule has 1 atom stereocenters. The van der Waals surface area contributed by atoms with Crippen LogP contribution in [0.5, 0.6) is 0 Å². The molecule has 32 heavy (non-hydrogen) atoms. The van der Waals surface area contributed by atoms with E-state index in [1.165, 1.54) is 10.7 Å². The maximum Gasteiger partial charge on any atom is 0.245 e. The zero-order valence-corrected chi connectivity index (χ0v) is 20.6. The van der Waals surface area contributed by atoms with Crippen LogP contribution in [0.15, 0.2) is 23.1 Å².